The number of carbonyl (C=O) groups is 1. The van der Waals surface area contributed by atoms with Crippen molar-refractivity contribution >= 4 is 5.78 Å². The Morgan fingerprint density at radius 2 is 1.57 bits per heavy atom. The van der Waals surface area contributed by atoms with Crippen LogP contribution in [-0.2, 0) is 0 Å². The molecule has 0 fully saturated rings. The van der Waals surface area contributed by atoms with Crippen LogP contribution in [0.25, 0.3) is 11.1 Å². The molecule has 122 valence electrons. The summed E-state index contributed by atoms with van der Waals surface area (Å²) in [7, 11) is 0. The minimum absolute atomic E-state index is 0.123. The lowest BCUT2D eigenvalue weighted by Crippen LogP contribution is -2.35. The normalized spacial score (nSPS) is 11.2. The molecule has 0 saturated heterocycles. The molecule has 0 heterocycles. The molecule has 23 heavy (non-hydrogen) atoms. The monoisotopic (exact) mass is 311 g/mol. The highest BCUT2D eigenvalue weighted by Crippen LogP contribution is 2.19. The van der Waals surface area contributed by atoms with Gasteiger partial charge in [-0.3, -0.25) is 9.69 Å². The summed E-state index contributed by atoms with van der Waals surface area (Å²) in [5.41, 5.74) is 3.02. The van der Waals surface area contributed by atoms with Crippen LogP contribution in [0, 0.1) is 0 Å². The highest BCUT2D eigenvalue weighted by atomic mass is 16.3. The van der Waals surface area contributed by atoms with Crippen LogP contribution in [0.3, 0.4) is 0 Å². The third-order valence-electron chi connectivity index (χ3n) is 4.06. The van der Waals surface area contributed by atoms with Gasteiger partial charge in [0, 0.05) is 31.1 Å². The third kappa shape index (κ3) is 5.02. The van der Waals surface area contributed by atoms with E-state index < -0.39 is 0 Å². The molecule has 0 aliphatic rings. The second-order valence-corrected chi connectivity index (χ2v) is 5.97. The van der Waals surface area contributed by atoms with E-state index in [0.717, 1.165) is 16.7 Å². The van der Waals surface area contributed by atoms with Gasteiger partial charge >= 0.3 is 0 Å². The highest BCUT2D eigenvalue weighted by molar-refractivity contribution is 5.96. The van der Waals surface area contributed by atoms with Crippen LogP contribution in [-0.4, -0.2) is 41.5 Å². The topological polar surface area (TPSA) is 40.5 Å². The fourth-order valence-electron chi connectivity index (χ4n) is 2.63. The molecule has 0 aromatic heterocycles. The molecule has 3 nitrogen and oxygen atoms in total. The molecule has 0 radical (unpaired) electrons. The molecule has 1 N–H and O–H groups in total. The van der Waals surface area contributed by atoms with Gasteiger partial charge in [-0.25, -0.2) is 0 Å². The van der Waals surface area contributed by atoms with Crippen molar-refractivity contribution in [1.82, 2.24) is 4.90 Å². The van der Waals surface area contributed by atoms with Gasteiger partial charge in [0.15, 0.2) is 5.78 Å². The van der Waals surface area contributed by atoms with Crippen molar-refractivity contribution in [3.8, 4) is 11.1 Å². The number of nitrogens with zero attached hydrogens (tertiary/aromatic N) is 1. The van der Waals surface area contributed by atoms with E-state index >= 15 is 0 Å². The van der Waals surface area contributed by atoms with E-state index in [4.69, 9.17) is 5.11 Å². The molecule has 0 spiro atoms. The lowest BCUT2D eigenvalue weighted by atomic mass is 10.0. The highest BCUT2D eigenvalue weighted by Gasteiger charge is 2.12. The molecule has 2 aromatic rings. The summed E-state index contributed by atoms with van der Waals surface area (Å²) in [6, 6.07) is 18.3. The number of rotatable bonds is 8. The summed E-state index contributed by atoms with van der Waals surface area (Å²) in [6.07, 6.45) is 0.475. The number of Topliss-reactive ketones (excluding diaryl/α,β-unsaturated/α-hetero) is 1. The van der Waals surface area contributed by atoms with Gasteiger partial charge in [0.25, 0.3) is 0 Å². The molecule has 0 aliphatic carbocycles. The molecular formula is C20H25NO2. The Kier molecular flexibility index (Phi) is 6.51. The maximum absolute atomic E-state index is 12.3. The van der Waals surface area contributed by atoms with Crippen molar-refractivity contribution in [2.24, 2.45) is 0 Å². The summed E-state index contributed by atoms with van der Waals surface area (Å²) >= 11 is 0. The summed E-state index contributed by atoms with van der Waals surface area (Å²) < 4.78 is 0. The number of carbonyl (C=O) groups excluding carboxylic acids is 1. The minimum Gasteiger partial charge on any atom is -0.395 e. The fraction of sp³-hybridized carbons (Fsp3) is 0.350. The van der Waals surface area contributed by atoms with Crippen molar-refractivity contribution in [1.29, 1.82) is 0 Å². The van der Waals surface area contributed by atoms with Crippen molar-refractivity contribution in [2.45, 2.75) is 26.3 Å². The van der Waals surface area contributed by atoms with Crippen molar-refractivity contribution in [2.75, 3.05) is 19.7 Å². The Hall–Kier alpha value is -1.97. The van der Waals surface area contributed by atoms with E-state index in [-0.39, 0.29) is 12.4 Å². The average molecular weight is 311 g/mol. The first-order valence-electron chi connectivity index (χ1n) is 8.15. The Morgan fingerprint density at radius 1 is 0.957 bits per heavy atom. The number of aliphatic hydroxyl groups is 1. The minimum atomic E-state index is 0.123. The molecule has 0 aliphatic heterocycles. The SMILES string of the molecule is CC(C)N(CCO)CCC(=O)c1ccc(-c2ccccc2)cc1. The van der Waals surface area contributed by atoms with Gasteiger partial charge in [-0.2, -0.15) is 0 Å². The number of benzene rings is 2. The first kappa shape index (κ1) is 17.4. The second kappa shape index (κ2) is 8.61. The maximum atomic E-state index is 12.3. The Labute approximate surface area is 138 Å². The largest absolute Gasteiger partial charge is 0.395 e. The van der Waals surface area contributed by atoms with Gasteiger partial charge in [-0.15, -0.1) is 0 Å². The van der Waals surface area contributed by atoms with E-state index in [9.17, 15) is 4.79 Å². The summed E-state index contributed by atoms with van der Waals surface area (Å²) in [6.45, 7) is 5.57. The molecule has 0 saturated carbocycles. The maximum Gasteiger partial charge on any atom is 0.164 e. The van der Waals surface area contributed by atoms with E-state index in [2.05, 4.69) is 30.9 Å². The Morgan fingerprint density at radius 3 is 2.13 bits per heavy atom. The van der Waals surface area contributed by atoms with Gasteiger partial charge in [-0.1, -0.05) is 54.6 Å². The average Bonchev–Trinajstić information content (AvgIpc) is 2.59. The van der Waals surface area contributed by atoms with Crippen LogP contribution < -0.4 is 0 Å². The quantitative estimate of drug-likeness (QED) is 0.757. The molecule has 0 bridgehead atoms. The van der Waals surface area contributed by atoms with Crippen LogP contribution in [0.1, 0.15) is 30.6 Å². The molecule has 3 heteroatoms. The smallest absolute Gasteiger partial charge is 0.164 e. The number of aliphatic hydroxyl groups excluding tert-OH is 1. The molecule has 2 aromatic carbocycles. The molecule has 0 amide bonds. The van der Waals surface area contributed by atoms with Crippen LogP contribution in [0.15, 0.2) is 54.6 Å². The molecule has 0 atom stereocenters. The van der Waals surface area contributed by atoms with Gasteiger partial charge in [-0.05, 0) is 25.0 Å². The van der Waals surface area contributed by atoms with Crippen molar-refractivity contribution < 1.29 is 9.90 Å². The first-order valence-corrected chi connectivity index (χ1v) is 8.15. The summed E-state index contributed by atoms with van der Waals surface area (Å²) in [5, 5.41) is 9.08. The zero-order chi connectivity index (χ0) is 16.7. The van der Waals surface area contributed by atoms with Crippen molar-refractivity contribution in [3.63, 3.8) is 0 Å². The fourth-order valence-corrected chi connectivity index (χ4v) is 2.63. The first-order chi connectivity index (χ1) is 11.1. The second-order valence-electron chi connectivity index (χ2n) is 5.97. The Balaban J connectivity index is 1.98. The van der Waals surface area contributed by atoms with Gasteiger partial charge in [0.2, 0.25) is 0 Å². The Bertz CT molecular complexity index is 605. The third-order valence-corrected chi connectivity index (χ3v) is 4.06. The van der Waals surface area contributed by atoms with E-state index in [1.54, 1.807) is 0 Å². The number of hydrogen-bond donors (Lipinski definition) is 1. The number of ketones is 1. The van der Waals surface area contributed by atoms with E-state index in [0.29, 0.717) is 25.6 Å². The van der Waals surface area contributed by atoms with Gasteiger partial charge < -0.3 is 5.11 Å². The number of hydrogen-bond acceptors (Lipinski definition) is 3. The van der Waals surface area contributed by atoms with Crippen LogP contribution in [0.2, 0.25) is 0 Å². The molecular weight excluding hydrogens is 286 g/mol. The zero-order valence-electron chi connectivity index (χ0n) is 13.9. The molecule has 0 unspecified atom stereocenters. The van der Waals surface area contributed by atoms with Crippen LogP contribution in [0.4, 0.5) is 0 Å². The predicted octanol–water partition coefficient (Wildman–Crippen LogP) is 3.63. The predicted molar refractivity (Wildman–Crippen MR) is 94.6 cm³/mol. The summed E-state index contributed by atoms with van der Waals surface area (Å²) in [5.74, 6) is 0.146. The lowest BCUT2D eigenvalue weighted by Gasteiger charge is -2.25. The zero-order valence-corrected chi connectivity index (χ0v) is 13.9. The van der Waals surface area contributed by atoms with E-state index in [1.165, 1.54) is 0 Å². The lowest BCUT2D eigenvalue weighted by molar-refractivity contribution is 0.0944. The van der Waals surface area contributed by atoms with E-state index in [1.807, 2.05) is 42.5 Å². The standard InChI is InChI=1S/C20H25NO2/c1-16(2)21(14-15-22)13-12-20(23)19-10-8-18(9-11-19)17-6-4-3-5-7-17/h3-11,16,22H,12-15H2,1-2H3. The van der Waals surface area contributed by atoms with Gasteiger partial charge in [0.05, 0.1) is 6.61 Å². The van der Waals surface area contributed by atoms with Crippen LogP contribution in [0.5, 0.6) is 0 Å². The molecule has 2 rings (SSSR count). The van der Waals surface area contributed by atoms with Crippen molar-refractivity contribution in [3.05, 3.63) is 60.2 Å². The summed E-state index contributed by atoms with van der Waals surface area (Å²) in [4.78, 5) is 14.5. The van der Waals surface area contributed by atoms with Gasteiger partial charge in [0.1, 0.15) is 0 Å². The van der Waals surface area contributed by atoms with Crippen LogP contribution >= 0.6 is 0 Å².